The average molecular weight is 374 g/mol. The molecule has 26 heavy (non-hydrogen) atoms. The molecule has 1 aromatic heterocycles. The molecule has 6 heteroatoms. The van der Waals surface area contributed by atoms with Gasteiger partial charge < -0.3 is 15.0 Å². The molecule has 1 aliphatic rings. The van der Waals surface area contributed by atoms with Crippen LogP contribution in [0.2, 0.25) is 0 Å². The summed E-state index contributed by atoms with van der Waals surface area (Å²) in [4.78, 5) is 17.9. The van der Waals surface area contributed by atoms with E-state index in [1.807, 2.05) is 30.3 Å². The second-order valence-electron chi connectivity index (χ2n) is 6.54. The quantitative estimate of drug-likeness (QED) is 0.769. The molecule has 2 aromatic rings. The number of nitrogens with zero attached hydrogens (tertiary/aromatic N) is 2. The van der Waals surface area contributed by atoms with Gasteiger partial charge in [0, 0.05) is 18.5 Å². The Kier molecular flexibility index (Phi) is 6.91. The summed E-state index contributed by atoms with van der Waals surface area (Å²) < 4.78 is 5.66. The minimum atomic E-state index is -0.0533. The number of hydrogen-bond acceptors (Lipinski definition) is 4. The number of likely N-dealkylation sites (N-methyl/N-ethyl adjacent to an activating group) is 1. The third-order valence-electron chi connectivity index (χ3n) is 4.69. The minimum absolute atomic E-state index is 0.0533. The van der Waals surface area contributed by atoms with Crippen LogP contribution in [0.3, 0.4) is 0 Å². The zero-order chi connectivity index (χ0) is 18.2. The van der Waals surface area contributed by atoms with Crippen molar-refractivity contribution >= 4 is 17.4 Å². The lowest BCUT2D eigenvalue weighted by Gasteiger charge is -2.28. The standard InChI is InChI=1S/C20H27N3O2S/c1-22(13-14-25-17-8-3-2-4-9-17)20(24)21-16-18(19-10-7-15-26-19)23-11-5-6-12-23/h2-4,7-10,15,18H,5-6,11-14,16H2,1H3,(H,21,24). The Hall–Kier alpha value is -2.05. The second-order valence-corrected chi connectivity index (χ2v) is 7.52. The molecule has 2 heterocycles. The van der Waals surface area contributed by atoms with Gasteiger partial charge in [-0.25, -0.2) is 4.79 Å². The van der Waals surface area contributed by atoms with E-state index in [0.717, 1.165) is 18.8 Å². The van der Waals surface area contributed by atoms with E-state index < -0.39 is 0 Å². The van der Waals surface area contributed by atoms with E-state index in [2.05, 4.69) is 27.7 Å². The molecule has 2 amide bonds. The first kappa shape index (κ1) is 18.7. The van der Waals surface area contributed by atoms with Crippen LogP contribution in [0.5, 0.6) is 5.75 Å². The van der Waals surface area contributed by atoms with Crippen LogP contribution in [0, 0.1) is 0 Å². The van der Waals surface area contributed by atoms with Gasteiger partial charge in [0.25, 0.3) is 0 Å². The van der Waals surface area contributed by atoms with Gasteiger partial charge >= 0.3 is 6.03 Å². The van der Waals surface area contributed by atoms with E-state index in [1.165, 1.54) is 17.7 Å². The van der Waals surface area contributed by atoms with Crippen LogP contribution in [-0.4, -0.2) is 55.7 Å². The normalized spacial score (nSPS) is 15.6. The summed E-state index contributed by atoms with van der Waals surface area (Å²) in [5.41, 5.74) is 0. The smallest absolute Gasteiger partial charge is 0.317 e. The summed E-state index contributed by atoms with van der Waals surface area (Å²) in [6, 6.07) is 14.1. The highest BCUT2D eigenvalue weighted by Crippen LogP contribution is 2.27. The fourth-order valence-corrected chi connectivity index (χ4v) is 4.04. The molecule has 1 fully saturated rings. The van der Waals surface area contributed by atoms with Gasteiger partial charge in [-0.15, -0.1) is 11.3 Å². The minimum Gasteiger partial charge on any atom is -0.492 e. The average Bonchev–Trinajstić information content (AvgIpc) is 3.37. The van der Waals surface area contributed by atoms with Gasteiger partial charge in [0.1, 0.15) is 12.4 Å². The number of ether oxygens (including phenoxy) is 1. The number of hydrogen-bond donors (Lipinski definition) is 1. The maximum Gasteiger partial charge on any atom is 0.317 e. The number of thiophene rings is 1. The Morgan fingerprint density at radius 2 is 2.00 bits per heavy atom. The maximum absolute atomic E-state index is 12.4. The Labute approximate surface area is 159 Å². The second kappa shape index (κ2) is 9.59. The van der Waals surface area contributed by atoms with Crippen molar-refractivity contribution in [1.29, 1.82) is 0 Å². The molecule has 140 valence electrons. The van der Waals surface area contributed by atoms with Crippen molar-refractivity contribution in [2.24, 2.45) is 0 Å². The van der Waals surface area contributed by atoms with Gasteiger partial charge in [0.05, 0.1) is 12.6 Å². The first-order valence-corrected chi connectivity index (χ1v) is 10.1. The van der Waals surface area contributed by atoms with Gasteiger partial charge in [-0.1, -0.05) is 24.3 Å². The van der Waals surface area contributed by atoms with Crippen LogP contribution in [0.15, 0.2) is 47.8 Å². The molecule has 0 bridgehead atoms. The monoisotopic (exact) mass is 373 g/mol. The largest absolute Gasteiger partial charge is 0.492 e. The van der Waals surface area contributed by atoms with Crippen molar-refractivity contribution in [1.82, 2.24) is 15.1 Å². The van der Waals surface area contributed by atoms with Gasteiger partial charge in [0.2, 0.25) is 0 Å². The van der Waals surface area contributed by atoms with Crippen LogP contribution in [0.25, 0.3) is 0 Å². The zero-order valence-corrected chi connectivity index (χ0v) is 16.1. The molecule has 0 spiro atoms. The first-order valence-electron chi connectivity index (χ1n) is 9.18. The first-order chi connectivity index (χ1) is 12.7. The SMILES string of the molecule is CN(CCOc1ccccc1)C(=O)NCC(c1cccs1)N1CCCC1. The highest BCUT2D eigenvalue weighted by molar-refractivity contribution is 7.10. The van der Waals surface area contributed by atoms with E-state index >= 15 is 0 Å². The van der Waals surface area contributed by atoms with Crippen molar-refractivity contribution < 1.29 is 9.53 Å². The van der Waals surface area contributed by atoms with Gasteiger partial charge in [0.15, 0.2) is 0 Å². The molecule has 1 unspecified atom stereocenters. The van der Waals surface area contributed by atoms with Crippen LogP contribution in [0.1, 0.15) is 23.8 Å². The lowest BCUT2D eigenvalue weighted by atomic mass is 10.2. The number of benzene rings is 1. The van der Waals surface area contributed by atoms with Crippen LogP contribution >= 0.6 is 11.3 Å². The Morgan fingerprint density at radius 1 is 1.23 bits per heavy atom. The van der Waals surface area contributed by atoms with Crippen molar-refractivity contribution in [2.75, 3.05) is 39.8 Å². The molecule has 1 N–H and O–H groups in total. The molecule has 1 aromatic carbocycles. The molecular weight excluding hydrogens is 346 g/mol. The van der Waals surface area contributed by atoms with E-state index in [9.17, 15) is 4.79 Å². The molecule has 3 rings (SSSR count). The van der Waals surface area contributed by atoms with Crippen LogP contribution in [0.4, 0.5) is 4.79 Å². The summed E-state index contributed by atoms with van der Waals surface area (Å²) in [6.45, 7) is 3.89. The Balaban J connectivity index is 1.45. The van der Waals surface area contributed by atoms with E-state index in [1.54, 1.807) is 23.3 Å². The maximum atomic E-state index is 12.4. The summed E-state index contributed by atoms with van der Waals surface area (Å²) in [5, 5.41) is 5.20. The highest BCUT2D eigenvalue weighted by atomic mass is 32.1. The van der Waals surface area contributed by atoms with Gasteiger partial charge in [-0.3, -0.25) is 4.90 Å². The molecule has 5 nitrogen and oxygen atoms in total. The lowest BCUT2D eigenvalue weighted by Crippen LogP contribution is -2.43. The molecular formula is C20H27N3O2S. The molecule has 0 radical (unpaired) electrons. The summed E-state index contributed by atoms with van der Waals surface area (Å²) in [5.74, 6) is 0.827. The van der Waals surface area contributed by atoms with E-state index in [0.29, 0.717) is 19.7 Å². The summed E-state index contributed by atoms with van der Waals surface area (Å²) in [7, 11) is 1.81. The highest BCUT2D eigenvalue weighted by Gasteiger charge is 2.25. The third-order valence-corrected chi connectivity index (χ3v) is 5.66. The summed E-state index contributed by atoms with van der Waals surface area (Å²) >= 11 is 1.76. The van der Waals surface area contributed by atoms with Crippen LogP contribution in [-0.2, 0) is 0 Å². The van der Waals surface area contributed by atoms with Crippen LogP contribution < -0.4 is 10.1 Å². The number of urea groups is 1. The molecule has 1 saturated heterocycles. The number of carbonyl (C=O) groups excluding carboxylic acids is 1. The lowest BCUT2D eigenvalue weighted by molar-refractivity contribution is 0.187. The third kappa shape index (κ3) is 5.22. The number of rotatable bonds is 8. The number of carbonyl (C=O) groups is 1. The topological polar surface area (TPSA) is 44.8 Å². The van der Waals surface area contributed by atoms with Crippen molar-refractivity contribution in [3.8, 4) is 5.75 Å². The predicted molar refractivity (Wildman–Crippen MR) is 106 cm³/mol. The molecule has 0 aliphatic carbocycles. The van der Waals surface area contributed by atoms with Gasteiger partial charge in [-0.2, -0.15) is 0 Å². The Morgan fingerprint density at radius 3 is 2.69 bits per heavy atom. The fraction of sp³-hybridized carbons (Fsp3) is 0.450. The zero-order valence-electron chi connectivity index (χ0n) is 15.3. The van der Waals surface area contributed by atoms with E-state index in [4.69, 9.17) is 4.74 Å². The molecule has 0 saturated carbocycles. The number of amides is 2. The van der Waals surface area contributed by atoms with E-state index in [-0.39, 0.29) is 12.1 Å². The Bertz CT molecular complexity index is 657. The predicted octanol–water partition coefficient (Wildman–Crippen LogP) is 3.61. The number of para-hydroxylation sites is 1. The van der Waals surface area contributed by atoms with Gasteiger partial charge in [-0.05, 0) is 49.5 Å². The number of nitrogens with one attached hydrogen (secondary N) is 1. The fourth-order valence-electron chi connectivity index (χ4n) is 3.18. The van der Waals surface area contributed by atoms with Crippen molar-refractivity contribution in [3.63, 3.8) is 0 Å². The molecule has 1 aliphatic heterocycles. The summed E-state index contributed by atoms with van der Waals surface area (Å²) in [6.07, 6.45) is 2.49. The number of likely N-dealkylation sites (tertiary alicyclic amines) is 1. The molecule has 1 atom stereocenters. The van der Waals surface area contributed by atoms with Crippen molar-refractivity contribution in [3.05, 3.63) is 52.7 Å². The van der Waals surface area contributed by atoms with Crippen molar-refractivity contribution in [2.45, 2.75) is 18.9 Å².